The van der Waals surface area contributed by atoms with Gasteiger partial charge in [-0.3, -0.25) is 9.69 Å². The molecule has 0 aliphatic carbocycles. The number of aliphatic imine (C=N–C) groups is 1. The van der Waals surface area contributed by atoms with E-state index >= 15 is 0 Å². The molecule has 1 aliphatic heterocycles. The number of aromatic nitrogens is 3. The summed E-state index contributed by atoms with van der Waals surface area (Å²) >= 11 is 1.25. The van der Waals surface area contributed by atoms with E-state index in [9.17, 15) is 22.8 Å². The molecule has 0 radical (unpaired) electrons. The number of carbonyl (C=O) groups excluding carboxylic acids is 2. The Kier molecular flexibility index (Phi) is 9.28. The molecule has 0 bridgehead atoms. The fourth-order valence-corrected chi connectivity index (χ4v) is 5.72. The molecule has 234 valence electrons. The van der Waals surface area contributed by atoms with Crippen molar-refractivity contribution in [3.63, 3.8) is 0 Å². The average molecular weight is 637 g/mol. The third-order valence-corrected chi connectivity index (χ3v) is 7.89. The van der Waals surface area contributed by atoms with E-state index < -0.39 is 12.4 Å². The van der Waals surface area contributed by atoms with Crippen LogP contribution >= 0.6 is 11.8 Å². The molecule has 13 heteroatoms. The maximum Gasteiger partial charge on any atom is 0.573 e. The molecule has 1 aromatic heterocycles. The molecule has 3 aromatic carbocycles. The number of nitrogens with one attached hydrogen (secondary N) is 1. The summed E-state index contributed by atoms with van der Waals surface area (Å²) in [5.41, 5.74) is 5.02. The lowest BCUT2D eigenvalue weighted by atomic mass is 9.99. The van der Waals surface area contributed by atoms with Crippen LogP contribution in [0.5, 0.6) is 5.75 Å². The Morgan fingerprint density at radius 2 is 1.78 bits per heavy atom. The summed E-state index contributed by atoms with van der Waals surface area (Å²) in [6.45, 7) is 7.96. The van der Waals surface area contributed by atoms with Crippen LogP contribution in [-0.2, 0) is 11.2 Å². The van der Waals surface area contributed by atoms with E-state index in [0.717, 1.165) is 27.9 Å². The van der Waals surface area contributed by atoms with Gasteiger partial charge in [0.05, 0.1) is 17.1 Å². The number of alkyl halides is 3. The number of nitrogens with zero attached hydrogens (tertiary/aromatic N) is 5. The molecule has 0 unspecified atom stereocenters. The predicted molar refractivity (Wildman–Crippen MR) is 168 cm³/mol. The standard InChI is InChI=1S/C32H31F3N6O3S/c1-19(2)26-14-5-20(3)15-27(26)41-28(42)17-45-31(41)38-30(43)37-21(4)16-22-6-8-23(9-7-22)29-36-18-40(39-29)24-10-12-25(13-11-24)44-32(33,34)35/h5-15,18-19,21H,16-17H2,1-4H3,(H,37,43)/t21-/m1/s1. The van der Waals surface area contributed by atoms with Crippen LogP contribution in [0.2, 0.25) is 0 Å². The van der Waals surface area contributed by atoms with E-state index in [1.807, 2.05) is 56.3 Å². The molecule has 45 heavy (non-hydrogen) atoms. The zero-order chi connectivity index (χ0) is 32.3. The summed E-state index contributed by atoms with van der Waals surface area (Å²) in [7, 11) is 0. The number of hydrogen-bond acceptors (Lipinski definition) is 6. The summed E-state index contributed by atoms with van der Waals surface area (Å²) in [6, 6.07) is 18.1. The fourth-order valence-electron chi connectivity index (χ4n) is 4.86. The van der Waals surface area contributed by atoms with Crippen molar-refractivity contribution in [2.45, 2.75) is 52.4 Å². The minimum Gasteiger partial charge on any atom is -0.406 e. The number of ether oxygens (including phenoxy) is 1. The summed E-state index contributed by atoms with van der Waals surface area (Å²) in [6.07, 6.45) is -2.75. The molecule has 1 N–H and O–H groups in total. The zero-order valence-corrected chi connectivity index (χ0v) is 25.8. The van der Waals surface area contributed by atoms with Crippen molar-refractivity contribution in [2.24, 2.45) is 4.99 Å². The number of thioether (sulfide) groups is 1. The molecule has 4 aromatic rings. The molecule has 9 nitrogen and oxygen atoms in total. The Bertz CT molecular complexity index is 1720. The molecular formula is C32H31F3N6O3S. The largest absolute Gasteiger partial charge is 0.573 e. The molecule has 1 atom stereocenters. The van der Waals surface area contributed by atoms with Crippen LogP contribution in [0.25, 0.3) is 17.1 Å². The second-order valence-electron chi connectivity index (χ2n) is 10.9. The number of benzene rings is 3. The maximum absolute atomic E-state index is 12.9. The quantitative estimate of drug-likeness (QED) is 0.223. The van der Waals surface area contributed by atoms with E-state index in [-0.39, 0.29) is 29.4 Å². The van der Waals surface area contributed by atoms with Gasteiger partial charge in [0.25, 0.3) is 0 Å². The van der Waals surface area contributed by atoms with Gasteiger partial charge < -0.3 is 10.1 Å². The smallest absolute Gasteiger partial charge is 0.406 e. The zero-order valence-electron chi connectivity index (χ0n) is 25.0. The third kappa shape index (κ3) is 7.90. The average Bonchev–Trinajstić information content (AvgIpc) is 3.60. The minimum absolute atomic E-state index is 0.111. The first kappa shape index (κ1) is 31.8. The number of anilines is 1. The van der Waals surface area contributed by atoms with E-state index in [4.69, 9.17) is 0 Å². The van der Waals surface area contributed by atoms with Crippen LogP contribution in [0, 0.1) is 6.92 Å². The van der Waals surface area contributed by atoms with Gasteiger partial charge in [0.1, 0.15) is 12.1 Å². The van der Waals surface area contributed by atoms with Gasteiger partial charge in [-0.1, -0.05) is 62.0 Å². The molecule has 3 amide bonds. The number of urea groups is 1. The van der Waals surface area contributed by atoms with E-state index in [1.165, 1.54) is 47.0 Å². The first-order chi connectivity index (χ1) is 21.4. The van der Waals surface area contributed by atoms with Crippen LogP contribution in [0.3, 0.4) is 0 Å². The Hall–Kier alpha value is -4.65. The molecule has 1 fully saturated rings. The van der Waals surface area contributed by atoms with Crippen molar-refractivity contribution in [2.75, 3.05) is 10.7 Å². The SMILES string of the molecule is Cc1ccc(C(C)C)c(N2C(=O)CSC2=NC(=O)N[C@H](C)Cc2ccc(-c3ncn(-c4ccc(OC(F)(F)F)cc4)n3)cc2)c1. The molecule has 5 rings (SSSR count). The van der Waals surface area contributed by atoms with Crippen molar-refractivity contribution in [3.05, 3.63) is 89.7 Å². The second kappa shape index (κ2) is 13.1. The number of hydrogen-bond donors (Lipinski definition) is 1. The van der Waals surface area contributed by atoms with Crippen LogP contribution in [0.4, 0.5) is 23.7 Å². The monoisotopic (exact) mass is 636 g/mol. The maximum atomic E-state index is 12.9. The Labute approximate surface area is 262 Å². The molecular weight excluding hydrogens is 605 g/mol. The highest BCUT2D eigenvalue weighted by molar-refractivity contribution is 8.15. The minimum atomic E-state index is -4.76. The normalized spacial score (nSPS) is 15.2. The first-order valence-electron chi connectivity index (χ1n) is 14.2. The van der Waals surface area contributed by atoms with Crippen molar-refractivity contribution in [3.8, 4) is 22.8 Å². The third-order valence-electron chi connectivity index (χ3n) is 6.96. The highest BCUT2D eigenvalue weighted by Crippen LogP contribution is 2.34. The van der Waals surface area contributed by atoms with Crippen LogP contribution in [0.15, 0.2) is 78.0 Å². The van der Waals surface area contributed by atoms with Crippen LogP contribution in [0.1, 0.15) is 43.4 Å². The van der Waals surface area contributed by atoms with Gasteiger partial charge in [0, 0.05) is 11.6 Å². The summed E-state index contributed by atoms with van der Waals surface area (Å²) in [5.74, 6) is 0.415. The second-order valence-corrected chi connectivity index (χ2v) is 11.9. The summed E-state index contributed by atoms with van der Waals surface area (Å²) in [5, 5.41) is 7.69. The number of amidine groups is 1. The molecule has 0 saturated carbocycles. The predicted octanol–water partition coefficient (Wildman–Crippen LogP) is 7.04. The Morgan fingerprint density at radius 3 is 2.44 bits per heavy atom. The van der Waals surface area contributed by atoms with Gasteiger partial charge in [-0.2, -0.15) is 4.99 Å². The topological polar surface area (TPSA) is 102 Å². The lowest BCUT2D eigenvalue weighted by Crippen LogP contribution is -2.35. The number of halogens is 3. The van der Waals surface area contributed by atoms with Crippen molar-refractivity contribution in [1.29, 1.82) is 0 Å². The van der Waals surface area contributed by atoms with E-state index in [2.05, 4.69) is 39.0 Å². The van der Waals surface area contributed by atoms with Gasteiger partial charge in [-0.15, -0.1) is 18.3 Å². The highest BCUT2D eigenvalue weighted by atomic mass is 32.2. The van der Waals surface area contributed by atoms with E-state index in [1.54, 1.807) is 4.90 Å². The van der Waals surface area contributed by atoms with Gasteiger partial charge in [-0.05, 0) is 73.2 Å². The first-order valence-corrected chi connectivity index (χ1v) is 15.2. The lowest BCUT2D eigenvalue weighted by Gasteiger charge is -2.22. The lowest BCUT2D eigenvalue weighted by molar-refractivity contribution is -0.274. The Morgan fingerprint density at radius 1 is 1.07 bits per heavy atom. The molecule has 1 saturated heterocycles. The van der Waals surface area contributed by atoms with Gasteiger partial charge in [0.2, 0.25) is 5.91 Å². The van der Waals surface area contributed by atoms with Crippen molar-refractivity contribution >= 4 is 34.6 Å². The van der Waals surface area contributed by atoms with Crippen LogP contribution < -0.4 is 15.0 Å². The van der Waals surface area contributed by atoms with Crippen molar-refractivity contribution in [1.82, 2.24) is 20.1 Å². The summed E-state index contributed by atoms with van der Waals surface area (Å²) in [4.78, 5) is 35.8. The fraction of sp³-hybridized carbons (Fsp3) is 0.281. The molecule has 1 aliphatic rings. The van der Waals surface area contributed by atoms with E-state index in [0.29, 0.717) is 23.1 Å². The molecule has 2 heterocycles. The van der Waals surface area contributed by atoms with Gasteiger partial charge >= 0.3 is 12.4 Å². The highest BCUT2D eigenvalue weighted by Gasteiger charge is 2.33. The van der Waals surface area contributed by atoms with Crippen molar-refractivity contribution < 1.29 is 27.5 Å². The number of amides is 3. The summed E-state index contributed by atoms with van der Waals surface area (Å²) < 4.78 is 42.6. The number of carbonyl (C=O) groups is 2. The number of aryl methyl sites for hydroxylation is 1. The van der Waals surface area contributed by atoms with Gasteiger partial charge in [-0.25, -0.2) is 14.5 Å². The Balaban J connectivity index is 1.20. The van der Waals surface area contributed by atoms with Gasteiger partial charge in [0.15, 0.2) is 11.0 Å². The molecule has 0 spiro atoms. The van der Waals surface area contributed by atoms with Crippen LogP contribution in [-0.4, -0.2) is 50.0 Å². The number of rotatable bonds is 8.